The summed E-state index contributed by atoms with van der Waals surface area (Å²) in [7, 11) is 0. The summed E-state index contributed by atoms with van der Waals surface area (Å²) in [6.45, 7) is 2.33. The van der Waals surface area contributed by atoms with E-state index in [1.54, 1.807) is 0 Å². The minimum absolute atomic E-state index is 0.0210. The zero-order valence-electron chi connectivity index (χ0n) is 11.4. The third-order valence-electron chi connectivity index (χ3n) is 4.84. The van der Waals surface area contributed by atoms with Gasteiger partial charge in [-0.05, 0) is 31.2 Å². The van der Waals surface area contributed by atoms with E-state index in [0.29, 0.717) is 19.4 Å². The first-order valence-electron chi connectivity index (χ1n) is 7.40. The lowest BCUT2D eigenvalue weighted by Crippen LogP contribution is -2.48. The summed E-state index contributed by atoms with van der Waals surface area (Å²) in [4.78, 5) is 26.1. The lowest BCUT2D eigenvalue weighted by molar-refractivity contribution is -0.152. The summed E-state index contributed by atoms with van der Waals surface area (Å²) in [5.74, 6) is 0.107. The third kappa shape index (κ3) is 2.59. The van der Waals surface area contributed by atoms with Crippen molar-refractivity contribution < 1.29 is 9.59 Å². The van der Waals surface area contributed by atoms with Crippen molar-refractivity contribution in [3.05, 3.63) is 11.6 Å². The van der Waals surface area contributed by atoms with E-state index in [9.17, 15) is 9.59 Å². The molecule has 2 aliphatic heterocycles. The number of carbonyl (C=O) groups excluding carboxylic acids is 2. The van der Waals surface area contributed by atoms with Crippen molar-refractivity contribution in [1.29, 1.82) is 0 Å². The van der Waals surface area contributed by atoms with E-state index >= 15 is 0 Å². The van der Waals surface area contributed by atoms with Gasteiger partial charge < -0.3 is 5.32 Å². The summed E-state index contributed by atoms with van der Waals surface area (Å²) < 4.78 is 0. The predicted octanol–water partition coefficient (Wildman–Crippen LogP) is 1.62. The molecule has 104 valence electrons. The number of amides is 2. The van der Waals surface area contributed by atoms with E-state index in [1.807, 2.05) is 0 Å². The smallest absolute Gasteiger partial charge is 0.230 e. The molecule has 1 saturated heterocycles. The van der Waals surface area contributed by atoms with Gasteiger partial charge >= 0.3 is 0 Å². The predicted molar refractivity (Wildman–Crippen MR) is 72.4 cm³/mol. The molecule has 4 nitrogen and oxygen atoms in total. The Morgan fingerprint density at radius 2 is 1.84 bits per heavy atom. The van der Waals surface area contributed by atoms with Crippen LogP contribution in [0.15, 0.2) is 11.6 Å². The van der Waals surface area contributed by atoms with Crippen LogP contribution >= 0.6 is 0 Å². The van der Waals surface area contributed by atoms with Crippen LogP contribution in [0.5, 0.6) is 0 Å². The average molecular weight is 262 g/mol. The van der Waals surface area contributed by atoms with Crippen LogP contribution in [0.4, 0.5) is 0 Å². The van der Waals surface area contributed by atoms with Crippen molar-refractivity contribution in [2.75, 3.05) is 19.6 Å². The van der Waals surface area contributed by atoms with Crippen LogP contribution in [0.3, 0.4) is 0 Å². The molecule has 3 aliphatic rings. The van der Waals surface area contributed by atoms with E-state index in [1.165, 1.54) is 23.3 Å². The van der Waals surface area contributed by atoms with Gasteiger partial charge in [0, 0.05) is 25.9 Å². The number of piperidine rings is 1. The molecule has 2 fully saturated rings. The van der Waals surface area contributed by atoms with Gasteiger partial charge in [-0.15, -0.1) is 0 Å². The van der Waals surface area contributed by atoms with Crippen LogP contribution in [0.2, 0.25) is 0 Å². The van der Waals surface area contributed by atoms with Crippen molar-refractivity contribution in [2.24, 2.45) is 5.41 Å². The maximum atomic E-state index is 12.3. The standard InChI is InChI=1S/C15H22N2O2/c18-13-9-15(5-1-2-6-15)10-14(19)17(13)11-12-3-7-16-8-4-12/h3,16H,1-2,4-11H2. The monoisotopic (exact) mass is 262 g/mol. The molecule has 0 bridgehead atoms. The fraction of sp³-hybridized carbons (Fsp3) is 0.733. The molecule has 2 amide bonds. The molecule has 4 heteroatoms. The Labute approximate surface area is 114 Å². The Hall–Kier alpha value is -1.16. The molecule has 0 aromatic rings. The van der Waals surface area contributed by atoms with E-state index < -0.39 is 0 Å². The summed E-state index contributed by atoms with van der Waals surface area (Å²) >= 11 is 0. The van der Waals surface area contributed by atoms with Gasteiger partial charge in [0.2, 0.25) is 11.8 Å². The Morgan fingerprint density at radius 1 is 1.16 bits per heavy atom. The number of nitrogens with one attached hydrogen (secondary N) is 1. The van der Waals surface area contributed by atoms with Crippen molar-refractivity contribution in [3.8, 4) is 0 Å². The van der Waals surface area contributed by atoms with Crippen LogP contribution in [-0.2, 0) is 9.59 Å². The van der Waals surface area contributed by atoms with Crippen molar-refractivity contribution in [3.63, 3.8) is 0 Å². The molecule has 1 spiro atoms. The highest BCUT2D eigenvalue weighted by Gasteiger charge is 2.44. The first-order chi connectivity index (χ1) is 9.19. The maximum absolute atomic E-state index is 12.3. The van der Waals surface area contributed by atoms with Gasteiger partial charge in [0.05, 0.1) is 0 Å². The Morgan fingerprint density at radius 3 is 2.42 bits per heavy atom. The summed E-state index contributed by atoms with van der Waals surface area (Å²) in [5.41, 5.74) is 1.25. The molecule has 0 unspecified atom stereocenters. The second kappa shape index (κ2) is 5.08. The maximum Gasteiger partial charge on any atom is 0.230 e. The number of nitrogens with zero attached hydrogens (tertiary/aromatic N) is 1. The molecule has 0 atom stereocenters. The number of carbonyl (C=O) groups is 2. The lowest BCUT2D eigenvalue weighted by Gasteiger charge is -2.37. The van der Waals surface area contributed by atoms with Gasteiger partial charge in [-0.1, -0.05) is 24.5 Å². The minimum Gasteiger partial charge on any atom is -0.313 e. The molecule has 3 rings (SSSR count). The second-order valence-electron chi connectivity index (χ2n) is 6.25. The van der Waals surface area contributed by atoms with Crippen LogP contribution in [0.1, 0.15) is 44.9 Å². The first-order valence-corrected chi connectivity index (χ1v) is 7.40. The molecule has 0 aromatic heterocycles. The molecular weight excluding hydrogens is 240 g/mol. The molecule has 1 aliphatic carbocycles. The highest BCUT2D eigenvalue weighted by atomic mass is 16.2. The molecule has 2 heterocycles. The molecular formula is C15H22N2O2. The van der Waals surface area contributed by atoms with Crippen LogP contribution in [0, 0.1) is 5.41 Å². The van der Waals surface area contributed by atoms with Crippen molar-refractivity contribution >= 4 is 11.8 Å². The second-order valence-corrected chi connectivity index (χ2v) is 6.25. The van der Waals surface area contributed by atoms with Crippen LogP contribution in [-0.4, -0.2) is 36.3 Å². The largest absolute Gasteiger partial charge is 0.313 e. The molecule has 0 radical (unpaired) electrons. The first kappa shape index (κ1) is 12.9. The number of likely N-dealkylation sites (tertiary alicyclic amines) is 1. The molecule has 1 saturated carbocycles. The van der Waals surface area contributed by atoms with Gasteiger partial charge in [-0.2, -0.15) is 0 Å². The topological polar surface area (TPSA) is 49.4 Å². The van der Waals surface area contributed by atoms with Gasteiger partial charge in [-0.3, -0.25) is 14.5 Å². The average Bonchev–Trinajstić information content (AvgIpc) is 2.83. The fourth-order valence-electron chi connectivity index (χ4n) is 3.71. The molecule has 1 N–H and O–H groups in total. The minimum atomic E-state index is 0.0210. The van der Waals surface area contributed by atoms with E-state index in [4.69, 9.17) is 0 Å². The third-order valence-corrected chi connectivity index (χ3v) is 4.84. The van der Waals surface area contributed by atoms with Crippen molar-refractivity contribution in [2.45, 2.75) is 44.9 Å². The van der Waals surface area contributed by atoms with E-state index in [2.05, 4.69) is 11.4 Å². The zero-order valence-corrected chi connectivity index (χ0v) is 11.4. The highest BCUT2D eigenvalue weighted by Crippen LogP contribution is 2.46. The summed E-state index contributed by atoms with van der Waals surface area (Å²) in [5, 5.41) is 3.25. The number of imide groups is 1. The Balaban J connectivity index is 1.68. The molecule has 0 aromatic carbocycles. The van der Waals surface area contributed by atoms with Gasteiger partial charge in [0.25, 0.3) is 0 Å². The van der Waals surface area contributed by atoms with Gasteiger partial charge in [0.1, 0.15) is 0 Å². The Kier molecular flexibility index (Phi) is 3.44. The molecule has 19 heavy (non-hydrogen) atoms. The van der Waals surface area contributed by atoms with Crippen molar-refractivity contribution in [1.82, 2.24) is 10.2 Å². The Bertz CT molecular complexity index is 402. The van der Waals surface area contributed by atoms with Crippen LogP contribution < -0.4 is 5.32 Å². The SMILES string of the molecule is O=C1CC2(CCCC2)CC(=O)N1CC1=CCNCC1. The van der Waals surface area contributed by atoms with Gasteiger partial charge in [0.15, 0.2) is 0 Å². The quantitative estimate of drug-likeness (QED) is 0.607. The summed E-state index contributed by atoms with van der Waals surface area (Å²) in [6.07, 6.45) is 8.71. The van der Waals surface area contributed by atoms with Gasteiger partial charge in [-0.25, -0.2) is 0 Å². The zero-order chi connectivity index (χ0) is 13.3. The van der Waals surface area contributed by atoms with E-state index in [0.717, 1.165) is 32.4 Å². The fourth-order valence-corrected chi connectivity index (χ4v) is 3.71. The van der Waals surface area contributed by atoms with E-state index in [-0.39, 0.29) is 17.2 Å². The number of hydrogen-bond acceptors (Lipinski definition) is 3. The number of rotatable bonds is 2. The highest BCUT2D eigenvalue weighted by molar-refractivity contribution is 5.98. The summed E-state index contributed by atoms with van der Waals surface area (Å²) in [6, 6.07) is 0. The van der Waals surface area contributed by atoms with Crippen LogP contribution in [0.25, 0.3) is 0 Å². The normalized spacial score (nSPS) is 26.9. The lowest BCUT2D eigenvalue weighted by atomic mass is 9.76. The number of hydrogen-bond donors (Lipinski definition) is 1.